The average Bonchev–Trinajstić information content (AvgIpc) is 2.51. The first-order valence-corrected chi connectivity index (χ1v) is 6.30. The molecule has 0 spiro atoms. The fraction of sp³-hybridized carbons (Fsp3) is 0.769. The summed E-state index contributed by atoms with van der Waals surface area (Å²) in [6.45, 7) is 6.54. The van der Waals surface area contributed by atoms with Crippen LogP contribution in [0.1, 0.15) is 40.5 Å². The van der Waals surface area contributed by atoms with Crippen LogP contribution in [-0.4, -0.2) is 34.1 Å². The summed E-state index contributed by atoms with van der Waals surface area (Å²) in [6, 6.07) is -0.972. The molecule has 6 nitrogen and oxygen atoms in total. The lowest BCUT2D eigenvalue weighted by Gasteiger charge is -2.37. The second-order valence-electron chi connectivity index (χ2n) is 6.02. The molecule has 0 radical (unpaired) electrons. The van der Waals surface area contributed by atoms with Gasteiger partial charge in [-0.05, 0) is 32.1 Å². The van der Waals surface area contributed by atoms with Crippen molar-refractivity contribution in [3.63, 3.8) is 0 Å². The van der Waals surface area contributed by atoms with E-state index in [0.717, 1.165) is 0 Å². The van der Waals surface area contributed by atoms with E-state index in [0.29, 0.717) is 12.8 Å². The molecule has 0 aliphatic heterocycles. The van der Waals surface area contributed by atoms with Gasteiger partial charge in [0, 0.05) is 5.92 Å². The molecule has 1 saturated carbocycles. The highest BCUT2D eigenvalue weighted by atomic mass is 16.4. The molecule has 2 unspecified atom stereocenters. The Morgan fingerprint density at radius 3 is 2.11 bits per heavy atom. The highest BCUT2D eigenvalue weighted by molar-refractivity contribution is 5.87. The van der Waals surface area contributed by atoms with E-state index in [1.165, 1.54) is 6.92 Å². The third-order valence-electron chi connectivity index (χ3n) is 4.74. The van der Waals surface area contributed by atoms with E-state index < -0.39 is 34.7 Å². The van der Waals surface area contributed by atoms with Crippen molar-refractivity contribution in [3.05, 3.63) is 0 Å². The number of rotatable bonds is 4. The number of carbonyl (C=O) groups excluding carboxylic acids is 1. The predicted molar refractivity (Wildman–Crippen MR) is 67.5 cm³/mol. The van der Waals surface area contributed by atoms with Gasteiger partial charge in [-0.25, -0.2) is 0 Å². The van der Waals surface area contributed by atoms with Crippen LogP contribution in [0, 0.1) is 16.7 Å². The monoisotopic (exact) mass is 271 g/mol. The maximum absolute atomic E-state index is 12.1. The van der Waals surface area contributed by atoms with Crippen LogP contribution in [0.15, 0.2) is 0 Å². The SMILES string of the molecule is CC(NC(=O)C1CC[C@@](C)(C(=O)O)C1(C)C)C(=O)O. The van der Waals surface area contributed by atoms with Gasteiger partial charge < -0.3 is 15.5 Å². The van der Waals surface area contributed by atoms with Gasteiger partial charge in [0.25, 0.3) is 0 Å². The minimum Gasteiger partial charge on any atom is -0.481 e. The second-order valence-corrected chi connectivity index (χ2v) is 6.02. The van der Waals surface area contributed by atoms with Gasteiger partial charge in [0.15, 0.2) is 0 Å². The number of carboxylic acids is 2. The molecular weight excluding hydrogens is 250 g/mol. The Balaban J connectivity index is 2.90. The van der Waals surface area contributed by atoms with Gasteiger partial charge in [0.05, 0.1) is 5.41 Å². The molecule has 1 amide bonds. The molecule has 1 aliphatic carbocycles. The van der Waals surface area contributed by atoms with E-state index in [1.807, 2.05) is 0 Å². The van der Waals surface area contributed by atoms with Crippen LogP contribution in [0.3, 0.4) is 0 Å². The number of amides is 1. The first-order chi connectivity index (χ1) is 8.54. The van der Waals surface area contributed by atoms with E-state index in [9.17, 15) is 19.5 Å². The van der Waals surface area contributed by atoms with E-state index in [1.54, 1.807) is 20.8 Å². The van der Waals surface area contributed by atoms with Crippen molar-refractivity contribution in [3.8, 4) is 0 Å². The lowest BCUT2D eigenvalue weighted by Crippen LogP contribution is -2.48. The summed E-state index contributed by atoms with van der Waals surface area (Å²) in [5.41, 5.74) is -1.69. The van der Waals surface area contributed by atoms with Gasteiger partial charge in [-0.1, -0.05) is 13.8 Å². The highest BCUT2D eigenvalue weighted by Crippen LogP contribution is 2.56. The molecule has 0 aromatic carbocycles. The molecule has 19 heavy (non-hydrogen) atoms. The minimum atomic E-state index is -1.11. The molecule has 0 aromatic rings. The minimum absolute atomic E-state index is 0.384. The Bertz CT molecular complexity index is 417. The fourth-order valence-corrected chi connectivity index (χ4v) is 2.72. The normalized spacial score (nSPS) is 30.6. The summed E-state index contributed by atoms with van der Waals surface area (Å²) in [5.74, 6) is -2.90. The van der Waals surface area contributed by atoms with Crippen LogP contribution in [-0.2, 0) is 14.4 Å². The maximum atomic E-state index is 12.1. The summed E-state index contributed by atoms with van der Waals surface area (Å²) < 4.78 is 0. The van der Waals surface area contributed by atoms with Crippen molar-refractivity contribution in [1.29, 1.82) is 0 Å². The molecule has 108 valence electrons. The summed E-state index contributed by atoms with van der Waals surface area (Å²) in [5, 5.41) is 20.6. The number of aliphatic carboxylic acids is 2. The van der Waals surface area contributed by atoms with Gasteiger partial charge in [-0.15, -0.1) is 0 Å². The van der Waals surface area contributed by atoms with Gasteiger partial charge in [-0.2, -0.15) is 0 Å². The molecule has 1 aliphatic rings. The van der Waals surface area contributed by atoms with Crippen molar-refractivity contribution in [1.82, 2.24) is 5.32 Å². The average molecular weight is 271 g/mol. The predicted octanol–water partition coefficient (Wildman–Crippen LogP) is 1.10. The van der Waals surface area contributed by atoms with Crippen molar-refractivity contribution in [2.45, 2.75) is 46.6 Å². The van der Waals surface area contributed by atoms with Crippen molar-refractivity contribution < 1.29 is 24.6 Å². The first-order valence-electron chi connectivity index (χ1n) is 6.30. The molecule has 6 heteroatoms. The molecule has 0 aromatic heterocycles. The standard InChI is InChI=1S/C13H21NO5/c1-7(10(16)17)14-9(15)8-5-6-13(4,11(18)19)12(8,2)3/h7-8H,5-6H2,1-4H3,(H,14,15)(H,16,17)(H,18,19)/t7?,8?,13-/m0/s1. The van der Waals surface area contributed by atoms with E-state index >= 15 is 0 Å². The van der Waals surface area contributed by atoms with Crippen LogP contribution in [0.25, 0.3) is 0 Å². The second kappa shape index (κ2) is 4.83. The van der Waals surface area contributed by atoms with Crippen LogP contribution in [0.5, 0.6) is 0 Å². The van der Waals surface area contributed by atoms with Gasteiger partial charge in [0.2, 0.25) is 5.91 Å². The summed E-state index contributed by atoms with van der Waals surface area (Å²) in [6.07, 6.45) is 0.864. The third-order valence-corrected chi connectivity index (χ3v) is 4.74. The van der Waals surface area contributed by atoms with Crippen LogP contribution in [0.2, 0.25) is 0 Å². The summed E-state index contributed by atoms with van der Waals surface area (Å²) in [4.78, 5) is 34.3. The molecule has 1 fully saturated rings. The lowest BCUT2D eigenvalue weighted by molar-refractivity contribution is -0.155. The van der Waals surface area contributed by atoms with Crippen molar-refractivity contribution >= 4 is 17.8 Å². The zero-order valence-corrected chi connectivity index (χ0v) is 11.7. The van der Waals surface area contributed by atoms with Crippen LogP contribution < -0.4 is 5.32 Å². The Morgan fingerprint density at radius 2 is 1.74 bits per heavy atom. The topological polar surface area (TPSA) is 104 Å². The van der Waals surface area contributed by atoms with Crippen molar-refractivity contribution in [2.24, 2.45) is 16.7 Å². The molecule has 0 saturated heterocycles. The summed E-state index contributed by atoms with van der Waals surface area (Å²) >= 11 is 0. The maximum Gasteiger partial charge on any atom is 0.325 e. The zero-order chi connectivity index (χ0) is 15.0. The third kappa shape index (κ3) is 2.43. The Labute approximate surface area is 112 Å². The highest BCUT2D eigenvalue weighted by Gasteiger charge is 2.58. The van der Waals surface area contributed by atoms with E-state index in [4.69, 9.17) is 5.11 Å². The number of hydrogen-bond donors (Lipinski definition) is 3. The molecule has 3 N–H and O–H groups in total. The smallest absolute Gasteiger partial charge is 0.325 e. The van der Waals surface area contributed by atoms with Gasteiger partial charge >= 0.3 is 11.9 Å². The number of hydrogen-bond acceptors (Lipinski definition) is 3. The largest absolute Gasteiger partial charge is 0.481 e. The van der Waals surface area contributed by atoms with Crippen molar-refractivity contribution in [2.75, 3.05) is 0 Å². The Morgan fingerprint density at radius 1 is 1.21 bits per heavy atom. The van der Waals surface area contributed by atoms with Crippen LogP contribution in [0.4, 0.5) is 0 Å². The number of nitrogens with one attached hydrogen (secondary N) is 1. The first kappa shape index (κ1) is 15.5. The molecule has 1 rings (SSSR count). The lowest BCUT2D eigenvalue weighted by atomic mass is 9.65. The molecule has 0 bridgehead atoms. The molecule has 0 heterocycles. The van der Waals surface area contributed by atoms with E-state index in [-0.39, 0.29) is 5.91 Å². The number of carboxylic acid groups (broad SMARTS) is 2. The Hall–Kier alpha value is -1.59. The Kier molecular flexibility index (Phi) is 3.93. The zero-order valence-electron chi connectivity index (χ0n) is 11.7. The molecular formula is C13H21NO5. The van der Waals surface area contributed by atoms with Gasteiger partial charge in [-0.3, -0.25) is 14.4 Å². The fourth-order valence-electron chi connectivity index (χ4n) is 2.72. The van der Waals surface area contributed by atoms with Crippen LogP contribution >= 0.6 is 0 Å². The number of carbonyl (C=O) groups is 3. The summed E-state index contributed by atoms with van der Waals surface area (Å²) in [7, 11) is 0. The molecule has 3 atom stereocenters. The van der Waals surface area contributed by atoms with E-state index in [2.05, 4.69) is 5.32 Å². The quantitative estimate of drug-likeness (QED) is 0.710. The van der Waals surface area contributed by atoms with Gasteiger partial charge in [0.1, 0.15) is 6.04 Å².